The average molecular weight is 234 g/mol. The molecule has 0 rings (SSSR count). The number of carboxylic acid groups (broad SMARTS) is 2. The topological polar surface area (TPSA) is 94.8 Å². The normalized spacial score (nSPS) is 10.2. The second kappa shape index (κ2) is 9.15. The van der Waals surface area contributed by atoms with E-state index in [-0.39, 0.29) is 24.9 Å². The quantitative estimate of drug-likeness (QED) is 0.630. The molecular formula is C11H22O5. The maximum Gasteiger partial charge on any atom is 0.303 e. The third kappa shape index (κ3) is 23.1. The van der Waals surface area contributed by atoms with Crippen molar-refractivity contribution in [2.75, 3.05) is 6.61 Å². The molecule has 0 fully saturated rings. The Morgan fingerprint density at radius 1 is 0.938 bits per heavy atom. The number of hydrogen-bond donors (Lipinski definition) is 3. The van der Waals surface area contributed by atoms with E-state index < -0.39 is 11.9 Å². The van der Waals surface area contributed by atoms with Gasteiger partial charge >= 0.3 is 11.9 Å². The van der Waals surface area contributed by atoms with Gasteiger partial charge in [-0.05, 0) is 18.3 Å². The summed E-state index contributed by atoms with van der Waals surface area (Å²) in [5.74, 6) is -1.74. The van der Waals surface area contributed by atoms with Crippen LogP contribution in [0, 0.1) is 5.41 Å². The first-order valence-electron chi connectivity index (χ1n) is 5.23. The number of carboxylic acids is 2. The number of aliphatic hydroxyl groups is 1. The highest BCUT2D eigenvalue weighted by Crippen LogP contribution is 2.09. The lowest BCUT2D eigenvalue weighted by Crippen LogP contribution is -2.09. The molecule has 0 aromatic heterocycles. The van der Waals surface area contributed by atoms with Gasteiger partial charge in [-0.2, -0.15) is 0 Å². The van der Waals surface area contributed by atoms with E-state index >= 15 is 0 Å². The Labute approximate surface area is 96.1 Å². The van der Waals surface area contributed by atoms with Crippen LogP contribution in [-0.4, -0.2) is 33.9 Å². The third-order valence-electron chi connectivity index (χ3n) is 1.51. The fourth-order valence-electron chi connectivity index (χ4n) is 0.552. The monoisotopic (exact) mass is 234 g/mol. The van der Waals surface area contributed by atoms with Crippen molar-refractivity contribution in [2.24, 2.45) is 5.41 Å². The Balaban J connectivity index is 0. The van der Waals surface area contributed by atoms with Gasteiger partial charge in [0, 0.05) is 19.4 Å². The van der Waals surface area contributed by atoms with E-state index in [0.717, 1.165) is 0 Å². The SMILES string of the molecule is CC(C)(C)CO.O=C(O)CCCCC(=O)O. The lowest BCUT2D eigenvalue weighted by molar-refractivity contribution is -0.139. The zero-order valence-corrected chi connectivity index (χ0v) is 10.2. The molecule has 0 unspecified atom stereocenters. The maximum absolute atomic E-state index is 9.90. The molecule has 0 aliphatic heterocycles. The Hall–Kier alpha value is -1.10. The Morgan fingerprint density at radius 3 is 1.31 bits per heavy atom. The van der Waals surface area contributed by atoms with Crippen LogP contribution in [0.3, 0.4) is 0 Å². The van der Waals surface area contributed by atoms with Crippen LogP contribution in [0.4, 0.5) is 0 Å². The molecule has 0 saturated carbocycles. The predicted octanol–water partition coefficient (Wildman–Crippen LogP) is 1.74. The minimum Gasteiger partial charge on any atom is -0.481 e. The summed E-state index contributed by atoms with van der Waals surface area (Å²) in [4.78, 5) is 19.8. The van der Waals surface area contributed by atoms with Crippen LogP contribution in [0.2, 0.25) is 0 Å². The van der Waals surface area contributed by atoms with Gasteiger partial charge in [0.25, 0.3) is 0 Å². The highest BCUT2D eigenvalue weighted by atomic mass is 16.4. The van der Waals surface area contributed by atoms with Gasteiger partial charge < -0.3 is 15.3 Å². The van der Waals surface area contributed by atoms with Crippen LogP contribution in [0.5, 0.6) is 0 Å². The Bertz CT molecular complexity index is 189. The van der Waals surface area contributed by atoms with Crippen LogP contribution < -0.4 is 0 Å². The highest BCUT2D eigenvalue weighted by Gasteiger charge is 2.05. The van der Waals surface area contributed by atoms with Crippen molar-refractivity contribution < 1.29 is 24.9 Å². The van der Waals surface area contributed by atoms with Gasteiger partial charge in [-0.15, -0.1) is 0 Å². The van der Waals surface area contributed by atoms with Crippen molar-refractivity contribution in [2.45, 2.75) is 46.5 Å². The molecule has 0 atom stereocenters. The van der Waals surface area contributed by atoms with Gasteiger partial charge in [0.1, 0.15) is 0 Å². The summed E-state index contributed by atoms with van der Waals surface area (Å²) >= 11 is 0. The predicted molar refractivity (Wildman–Crippen MR) is 60.3 cm³/mol. The van der Waals surface area contributed by atoms with E-state index in [9.17, 15) is 9.59 Å². The molecule has 5 nitrogen and oxygen atoms in total. The van der Waals surface area contributed by atoms with Crippen molar-refractivity contribution in [1.82, 2.24) is 0 Å². The zero-order valence-electron chi connectivity index (χ0n) is 10.2. The summed E-state index contributed by atoms with van der Waals surface area (Å²) in [6.07, 6.45) is 1.02. The Kier molecular flexibility index (Phi) is 9.89. The second-order valence-electron chi connectivity index (χ2n) is 4.71. The van der Waals surface area contributed by atoms with Crippen molar-refractivity contribution in [3.63, 3.8) is 0 Å². The van der Waals surface area contributed by atoms with E-state index in [2.05, 4.69) is 0 Å². The minimum absolute atomic E-state index is 0.0628. The third-order valence-corrected chi connectivity index (χ3v) is 1.51. The Morgan fingerprint density at radius 2 is 1.19 bits per heavy atom. The van der Waals surface area contributed by atoms with Gasteiger partial charge in [0.15, 0.2) is 0 Å². The lowest BCUT2D eigenvalue weighted by atomic mass is 9.99. The van der Waals surface area contributed by atoms with Crippen molar-refractivity contribution in [3.8, 4) is 0 Å². The number of hydrogen-bond acceptors (Lipinski definition) is 3. The fraction of sp³-hybridized carbons (Fsp3) is 0.818. The number of carbonyl (C=O) groups is 2. The second-order valence-corrected chi connectivity index (χ2v) is 4.71. The lowest BCUT2D eigenvalue weighted by Gasteiger charge is -2.11. The maximum atomic E-state index is 9.90. The van der Waals surface area contributed by atoms with E-state index in [0.29, 0.717) is 12.8 Å². The van der Waals surface area contributed by atoms with E-state index in [1.807, 2.05) is 20.8 Å². The molecule has 0 heterocycles. The molecule has 0 aliphatic carbocycles. The first-order chi connectivity index (χ1) is 7.19. The van der Waals surface area contributed by atoms with Gasteiger partial charge in [0.05, 0.1) is 0 Å². The molecule has 0 saturated heterocycles. The summed E-state index contributed by atoms with van der Waals surface area (Å²) in [5, 5.41) is 24.7. The van der Waals surface area contributed by atoms with Gasteiger partial charge in [-0.25, -0.2) is 0 Å². The number of unbranched alkanes of at least 4 members (excludes halogenated alkanes) is 1. The summed E-state index contributed by atoms with van der Waals surface area (Å²) < 4.78 is 0. The van der Waals surface area contributed by atoms with Crippen LogP contribution in [0.25, 0.3) is 0 Å². The summed E-state index contributed by atoms with van der Waals surface area (Å²) in [5.41, 5.74) is 0.0972. The molecule has 0 aromatic carbocycles. The number of aliphatic hydroxyl groups excluding tert-OH is 1. The molecular weight excluding hydrogens is 212 g/mol. The highest BCUT2D eigenvalue weighted by molar-refractivity contribution is 5.67. The number of aliphatic carboxylic acids is 2. The largest absolute Gasteiger partial charge is 0.481 e. The molecule has 0 amide bonds. The first-order valence-corrected chi connectivity index (χ1v) is 5.23. The van der Waals surface area contributed by atoms with Crippen molar-refractivity contribution in [1.29, 1.82) is 0 Å². The fourth-order valence-corrected chi connectivity index (χ4v) is 0.552. The van der Waals surface area contributed by atoms with E-state index in [4.69, 9.17) is 15.3 Å². The van der Waals surface area contributed by atoms with E-state index in [1.165, 1.54) is 0 Å². The molecule has 0 radical (unpaired) electrons. The van der Waals surface area contributed by atoms with Crippen molar-refractivity contribution in [3.05, 3.63) is 0 Å². The molecule has 16 heavy (non-hydrogen) atoms. The van der Waals surface area contributed by atoms with Crippen LogP contribution >= 0.6 is 0 Å². The molecule has 5 heteroatoms. The van der Waals surface area contributed by atoms with E-state index in [1.54, 1.807) is 0 Å². The van der Waals surface area contributed by atoms with Gasteiger partial charge in [-0.1, -0.05) is 20.8 Å². The number of rotatable bonds is 5. The average Bonchev–Trinajstić information content (AvgIpc) is 2.12. The molecule has 0 spiro atoms. The molecule has 0 aromatic rings. The molecule has 96 valence electrons. The van der Waals surface area contributed by atoms with Crippen molar-refractivity contribution >= 4 is 11.9 Å². The van der Waals surface area contributed by atoms with Crippen LogP contribution in [-0.2, 0) is 9.59 Å². The van der Waals surface area contributed by atoms with Crippen LogP contribution in [0.15, 0.2) is 0 Å². The summed E-state index contributed by atoms with van der Waals surface area (Å²) in [6, 6.07) is 0. The summed E-state index contributed by atoms with van der Waals surface area (Å²) in [6.45, 7) is 6.25. The molecule has 0 bridgehead atoms. The first kappa shape index (κ1) is 17.3. The molecule has 3 N–H and O–H groups in total. The van der Waals surface area contributed by atoms with Crippen LogP contribution in [0.1, 0.15) is 46.5 Å². The molecule has 0 aliphatic rings. The van der Waals surface area contributed by atoms with Gasteiger partial charge in [-0.3, -0.25) is 9.59 Å². The van der Waals surface area contributed by atoms with Gasteiger partial charge in [0.2, 0.25) is 0 Å². The smallest absolute Gasteiger partial charge is 0.303 e. The minimum atomic E-state index is -0.870. The summed E-state index contributed by atoms with van der Waals surface area (Å²) in [7, 11) is 0. The standard InChI is InChI=1S/C6H10O4.C5H12O/c7-5(8)3-1-2-4-6(9)10;1-5(2,3)4-6/h1-4H2,(H,7,8)(H,9,10);6H,4H2,1-3H3. The zero-order chi connectivity index (χ0) is 13.2.